The summed E-state index contributed by atoms with van der Waals surface area (Å²) in [6.07, 6.45) is 1.55. The molecule has 0 aromatic heterocycles. The van der Waals surface area contributed by atoms with Gasteiger partial charge in [0.1, 0.15) is 0 Å². The second kappa shape index (κ2) is 6.73. The number of methoxy groups -OCH3 is 1. The zero-order valence-electron chi connectivity index (χ0n) is 11.2. The lowest BCUT2D eigenvalue weighted by atomic mass is 10.1. The predicted octanol–water partition coefficient (Wildman–Crippen LogP) is 2.55. The van der Waals surface area contributed by atoms with Crippen LogP contribution in [0.2, 0.25) is 0 Å². The Morgan fingerprint density at radius 1 is 1.15 bits per heavy atom. The van der Waals surface area contributed by atoms with Gasteiger partial charge in [0.2, 0.25) is 0 Å². The molecule has 0 heterocycles. The van der Waals surface area contributed by atoms with E-state index in [1.807, 2.05) is 30.3 Å². The highest BCUT2D eigenvalue weighted by Gasteiger charge is 2.09. The van der Waals surface area contributed by atoms with Gasteiger partial charge in [0.25, 0.3) is 0 Å². The first-order chi connectivity index (χ1) is 9.76. The molecule has 0 saturated heterocycles. The topological polar surface area (TPSA) is 62.0 Å². The van der Waals surface area contributed by atoms with Crippen molar-refractivity contribution >= 4 is 6.21 Å². The van der Waals surface area contributed by atoms with Crippen LogP contribution in [0.3, 0.4) is 0 Å². The van der Waals surface area contributed by atoms with E-state index in [9.17, 15) is 10.2 Å². The summed E-state index contributed by atoms with van der Waals surface area (Å²) in [5, 5.41) is 19.4. The van der Waals surface area contributed by atoms with E-state index in [1.54, 1.807) is 24.4 Å². The van der Waals surface area contributed by atoms with Gasteiger partial charge in [-0.3, -0.25) is 4.99 Å². The number of benzene rings is 2. The van der Waals surface area contributed by atoms with E-state index in [-0.39, 0.29) is 18.4 Å². The molecular weight excluding hydrogens is 254 g/mol. The van der Waals surface area contributed by atoms with Crippen molar-refractivity contribution in [3.8, 4) is 11.5 Å². The Morgan fingerprint density at radius 2 is 1.90 bits per heavy atom. The minimum absolute atomic E-state index is 0.0449. The lowest BCUT2D eigenvalue weighted by Gasteiger charge is -2.10. The third kappa shape index (κ3) is 3.16. The molecule has 0 radical (unpaired) electrons. The van der Waals surface area contributed by atoms with Crippen LogP contribution in [0.5, 0.6) is 11.5 Å². The summed E-state index contributed by atoms with van der Waals surface area (Å²) in [4.78, 5) is 4.33. The quantitative estimate of drug-likeness (QED) is 0.821. The van der Waals surface area contributed by atoms with Crippen LogP contribution < -0.4 is 4.74 Å². The van der Waals surface area contributed by atoms with E-state index in [0.717, 1.165) is 5.56 Å². The van der Waals surface area contributed by atoms with Crippen LogP contribution in [-0.2, 0) is 0 Å². The van der Waals surface area contributed by atoms with Gasteiger partial charge in [-0.15, -0.1) is 0 Å². The maximum atomic E-state index is 9.97. The molecule has 0 amide bonds. The van der Waals surface area contributed by atoms with E-state index in [4.69, 9.17) is 4.74 Å². The molecule has 4 nitrogen and oxygen atoms in total. The molecule has 0 fully saturated rings. The van der Waals surface area contributed by atoms with Crippen LogP contribution in [0.25, 0.3) is 0 Å². The van der Waals surface area contributed by atoms with Crippen molar-refractivity contribution in [2.75, 3.05) is 13.7 Å². The van der Waals surface area contributed by atoms with Crippen LogP contribution in [0.4, 0.5) is 0 Å². The Kier molecular flexibility index (Phi) is 4.74. The van der Waals surface area contributed by atoms with Gasteiger partial charge in [-0.05, 0) is 17.7 Å². The molecule has 4 heteroatoms. The third-order valence-electron chi connectivity index (χ3n) is 3.00. The molecule has 0 unspecified atom stereocenters. The highest BCUT2D eigenvalue weighted by Crippen LogP contribution is 2.28. The van der Waals surface area contributed by atoms with Gasteiger partial charge in [-0.25, -0.2) is 0 Å². The van der Waals surface area contributed by atoms with E-state index >= 15 is 0 Å². The molecule has 2 aromatic carbocycles. The Labute approximate surface area is 118 Å². The third-order valence-corrected chi connectivity index (χ3v) is 3.00. The van der Waals surface area contributed by atoms with Crippen LogP contribution in [0.15, 0.2) is 53.5 Å². The number of nitrogens with zero attached hydrogens (tertiary/aromatic N) is 1. The molecular formula is C16H17NO3. The first kappa shape index (κ1) is 14.1. The van der Waals surface area contributed by atoms with Crippen molar-refractivity contribution < 1.29 is 14.9 Å². The first-order valence-corrected chi connectivity index (χ1v) is 6.31. The molecule has 104 valence electrons. The maximum absolute atomic E-state index is 9.97. The van der Waals surface area contributed by atoms with Crippen molar-refractivity contribution in [1.82, 2.24) is 0 Å². The van der Waals surface area contributed by atoms with Gasteiger partial charge in [-0.2, -0.15) is 0 Å². The van der Waals surface area contributed by atoms with Crippen molar-refractivity contribution in [2.45, 2.75) is 6.04 Å². The summed E-state index contributed by atoms with van der Waals surface area (Å²) < 4.78 is 5.04. The monoisotopic (exact) mass is 271 g/mol. The second-order valence-electron chi connectivity index (χ2n) is 4.29. The molecule has 0 bridgehead atoms. The molecule has 0 aliphatic carbocycles. The summed E-state index contributed by atoms with van der Waals surface area (Å²) in [6.45, 7) is -0.0920. The van der Waals surface area contributed by atoms with Gasteiger partial charge in [-0.1, -0.05) is 36.4 Å². The van der Waals surface area contributed by atoms with E-state index in [1.165, 1.54) is 7.11 Å². The fraction of sp³-hybridized carbons (Fsp3) is 0.188. The van der Waals surface area contributed by atoms with Gasteiger partial charge in [0.15, 0.2) is 11.5 Å². The van der Waals surface area contributed by atoms with Crippen LogP contribution in [0, 0.1) is 0 Å². The number of aliphatic imine (C=N–C) groups is 1. The number of aromatic hydroxyl groups is 1. The molecule has 0 spiro atoms. The van der Waals surface area contributed by atoms with Gasteiger partial charge < -0.3 is 14.9 Å². The smallest absolute Gasteiger partial charge is 0.166 e. The van der Waals surface area contributed by atoms with Gasteiger partial charge >= 0.3 is 0 Å². The molecule has 0 aliphatic rings. The van der Waals surface area contributed by atoms with Crippen molar-refractivity contribution in [1.29, 1.82) is 0 Å². The SMILES string of the molecule is COc1cccc(C=N[C@@H](CO)c2ccccc2)c1O. The Hall–Kier alpha value is -2.33. The molecule has 0 aliphatic heterocycles. The normalized spacial score (nSPS) is 12.5. The minimum Gasteiger partial charge on any atom is -0.504 e. The number of hydrogen-bond donors (Lipinski definition) is 2. The number of rotatable bonds is 5. The van der Waals surface area contributed by atoms with Gasteiger partial charge in [0, 0.05) is 11.8 Å². The number of para-hydroxylation sites is 1. The Balaban J connectivity index is 2.24. The van der Waals surface area contributed by atoms with Crippen molar-refractivity contribution in [3.63, 3.8) is 0 Å². The van der Waals surface area contributed by atoms with Crippen molar-refractivity contribution in [3.05, 3.63) is 59.7 Å². The van der Waals surface area contributed by atoms with Crippen LogP contribution in [-0.4, -0.2) is 30.1 Å². The Morgan fingerprint density at radius 3 is 2.55 bits per heavy atom. The largest absolute Gasteiger partial charge is 0.504 e. The fourth-order valence-electron chi connectivity index (χ4n) is 1.89. The highest BCUT2D eigenvalue weighted by molar-refractivity contribution is 5.85. The summed E-state index contributed by atoms with van der Waals surface area (Å²) in [7, 11) is 1.50. The number of ether oxygens (including phenoxy) is 1. The molecule has 20 heavy (non-hydrogen) atoms. The van der Waals surface area contributed by atoms with Crippen LogP contribution in [0.1, 0.15) is 17.2 Å². The zero-order valence-corrected chi connectivity index (χ0v) is 11.2. The van der Waals surface area contributed by atoms with Crippen molar-refractivity contribution in [2.24, 2.45) is 4.99 Å². The number of phenolic OH excluding ortho intramolecular Hbond substituents is 1. The summed E-state index contributed by atoms with van der Waals surface area (Å²) >= 11 is 0. The number of phenols is 1. The summed E-state index contributed by atoms with van der Waals surface area (Å²) in [6, 6.07) is 14.4. The highest BCUT2D eigenvalue weighted by atomic mass is 16.5. The minimum atomic E-state index is -0.346. The average molecular weight is 271 g/mol. The Bertz CT molecular complexity index is 582. The van der Waals surface area contributed by atoms with Crippen LogP contribution >= 0.6 is 0 Å². The average Bonchev–Trinajstić information content (AvgIpc) is 2.50. The molecule has 2 N–H and O–H groups in total. The molecule has 2 aromatic rings. The number of aliphatic hydroxyl groups is 1. The van der Waals surface area contributed by atoms with E-state index < -0.39 is 0 Å². The van der Waals surface area contributed by atoms with E-state index in [0.29, 0.717) is 11.3 Å². The molecule has 1 atom stereocenters. The summed E-state index contributed by atoms with van der Waals surface area (Å²) in [5.74, 6) is 0.442. The number of aliphatic hydroxyl groups excluding tert-OH is 1. The molecule has 2 rings (SSSR count). The lowest BCUT2D eigenvalue weighted by molar-refractivity contribution is 0.269. The van der Waals surface area contributed by atoms with Gasteiger partial charge in [0.05, 0.1) is 19.8 Å². The standard InChI is InChI=1S/C16H17NO3/c1-20-15-9-5-8-13(16(15)19)10-17-14(11-18)12-6-3-2-4-7-12/h2-10,14,18-19H,11H2,1H3/t14-/m0/s1. The zero-order chi connectivity index (χ0) is 14.4. The molecule has 0 saturated carbocycles. The first-order valence-electron chi connectivity index (χ1n) is 6.31. The predicted molar refractivity (Wildman–Crippen MR) is 78.5 cm³/mol. The fourth-order valence-corrected chi connectivity index (χ4v) is 1.89. The second-order valence-corrected chi connectivity index (χ2v) is 4.29. The summed E-state index contributed by atoms with van der Waals surface area (Å²) in [5.41, 5.74) is 1.48. The van der Waals surface area contributed by atoms with E-state index in [2.05, 4.69) is 4.99 Å². The maximum Gasteiger partial charge on any atom is 0.166 e. The number of hydrogen-bond acceptors (Lipinski definition) is 4. The lowest BCUT2D eigenvalue weighted by Crippen LogP contribution is -2.01.